The molecule has 0 spiro atoms. The van der Waals surface area contributed by atoms with Crippen molar-refractivity contribution in [3.63, 3.8) is 0 Å². The molecule has 1 aromatic heterocycles. The average Bonchev–Trinajstić information content (AvgIpc) is 2.39. The first-order valence-electron chi connectivity index (χ1n) is 3.67. The maximum atomic E-state index is 4.03. The Morgan fingerprint density at radius 1 is 1.64 bits per heavy atom. The molecular formula is C7H14N4. The lowest BCUT2D eigenvalue weighted by Crippen LogP contribution is -2.21. The summed E-state index contributed by atoms with van der Waals surface area (Å²) < 4.78 is 0. The predicted molar refractivity (Wildman–Crippen MR) is 45.6 cm³/mol. The van der Waals surface area contributed by atoms with Crippen molar-refractivity contribution < 1.29 is 0 Å². The highest BCUT2D eigenvalue weighted by Gasteiger charge is 1.92. The Morgan fingerprint density at radius 2 is 2.45 bits per heavy atom. The van der Waals surface area contributed by atoms with Crippen molar-refractivity contribution in [2.75, 3.05) is 32.5 Å². The van der Waals surface area contributed by atoms with Crippen molar-refractivity contribution >= 4 is 5.95 Å². The van der Waals surface area contributed by atoms with Crippen molar-refractivity contribution in [3.05, 3.63) is 12.4 Å². The zero-order chi connectivity index (χ0) is 8.10. The third-order valence-electron chi connectivity index (χ3n) is 1.35. The number of nitrogens with one attached hydrogen (secondary N) is 2. The molecule has 0 aromatic carbocycles. The van der Waals surface area contributed by atoms with Crippen LogP contribution in [0.15, 0.2) is 12.4 Å². The van der Waals surface area contributed by atoms with Gasteiger partial charge in [0.1, 0.15) is 0 Å². The molecule has 0 aliphatic rings. The molecule has 0 radical (unpaired) electrons. The summed E-state index contributed by atoms with van der Waals surface area (Å²) in [5.74, 6) is 0.840. The number of aromatic amines is 1. The number of H-pyrrole nitrogens is 1. The van der Waals surface area contributed by atoms with E-state index in [1.54, 1.807) is 12.4 Å². The minimum Gasteiger partial charge on any atom is -0.355 e. The van der Waals surface area contributed by atoms with Crippen LogP contribution in [-0.4, -0.2) is 42.1 Å². The van der Waals surface area contributed by atoms with Gasteiger partial charge in [-0.1, -0.05) is 0 Å². The predicted octanol–water partition coefficient (Wildman–Crippen LogP) is 0.383. The Hall–Kier alpha value is -1.03. The first-order chi connectivity index (χ1) is 5.29. The molecule has 0 saturated heterocycles. The minimum atomic E-state index is 0.840. The second kappa shape index (κ2) is 3.98. The molecule has 0 aliphatic carbocycles. The number of hydrogen-bond donors (Lipinski definition) is 2. The molecule has 0 fully saturated rings. The molecule has 2 N–H and O–H groups in total. The number of aromatic nitrogens is 2. The second-order valence-corrected chi connectivity index (χ2v) is 2.67. The largest absolute Gasteiger partial charge is 0.355 e. The van der Waals surface area contributed by atoms with Gasteiger partial charge in [0.2, 0.25) is 0 Å². The van der Waals surface area contributed by atoms with E-state index in [0.717, 1.165) is 19.0 Å². The van der Waals surface area contributed by atoms with E-state index in [0.29, 0.717) is 0 Å². The van der Waals surface area contributed by atoms with E-state index < -0.39 is 0 Å². The lowest BCUT2D eigenvalue weighted by Gasteiger charge is -2.08. The smallest absolute Gasteiger partial charge is 0.200 e. The van der Waals surface area contributed by atoms with Gasteiger partial charge in [-0.15, -0.1) is 0 Å². The van der Waals surface area contributed by atoms with Gasteiger partial charge in [-0.3, -0.25) is 0 Å². The summed E-state index contributed by atoms with van der Waals surface area (Å²) in [7, 11) is 4.09. The average molecular weight is 154 g/mol. The fourth-order valence-electron chi connectivity index (χ4n) is 0.760. The highest BCUT2D eigenvalue weighted by atomic mass is 15.1. The third-order valence-corrected chi connectivity index (χ3v) is 1.35. The van der Waals surface area contributed by atoms with Crippen molar-refractivity contribution in [1.82, 2.24) is 14.9 Å². The van der Waals surface area contributed by atoms with E-state index in [4.69, 9.17) is 0 Å². The van der Waals surface area contributed by atoms with Crippen LogP contribution >= 0.6 is 0 Å². The van der Waals surface area contributed by atoms with Crippen molar-refractivity contribution in [3.8, 4) is 0 Å². The van der Waals surface area contributed by atoms with Gasteiger partial charge in [0, 0.05) is 25.5 Å². The zero-order valence-electron chi connectivity index (χ0n) is 6.96. The topological polar surface area (TPSA) is 44.0 Å². The van der Waals surface area contributed by atoms with Gasteiger partial charge in [-0.25, -0.2) is 4.98 Å². The van der Waals surface area contributed by atoms with Gasteiger partial charge in [-0.2, -0.15) is 0 Å². The van der Waals surface area contributed by atoms with Crippen molar-refractivity contribution in [2.45, 2.75) is 0 Å². The summed E-state index contributed by atoms with van der Waals surface area (Å²) in [5.41, 5.74) is 0. The highest BCUT2D eigenvalue weighted by molar-refractivity contribution is 5.22. The van der Waals surface area contributed by atoms with E-state index in [1.807, 2.05) is 14.1 Å². The first kappa shape index (κ1) is 8.07. The van der Waals surface area contributed by atoms with Crippen LogP contribution in [0.3, 0.4) is 0 Å². The normalized spacial score (nSPS) is 10.5. The molecule has 0 unspecified atom stereocenters. The van der Waals surface area contributed by atoms with E-state index in [-0.39, 0.29) is 0 Å². The lowest BCUT2D eigenvalue weighted by atomic mass is 10.6. The number of rotatable bonds is 4. The SMILES string of the molecule is CN(C)CCNc1ncc[nH]1. The summed E-state index contributed by atoms with van der Waals surface area (Å²) in [5, 5.41) is 3.15. The van der Waals surface area contributed by atoms with Gasteiger partial charge < -0.3 is 15.2 Å². The highest BCUT2D eigenvalue weighted by Crippen LogP contribution is 1.92. The van der Waals surface area contributed by atoms with Crippen LogP contribution in [0.4, 0.5) is 5.95 Å². The Labute approximate surface area is 66.6 Å². The van der Waals surface area contributed by atoms with Crippen LogP contribution in [0.2, 0.25) is 0 Å². The van der Waals surface area contributed by atoms with E-state index in [1.165, 1.54) is 0 Å². The number of hydrogen-bond acceptors (Lipinski definition) is 3. The fourth-order valence-corrected chi connectivity index (χ4v) is 0.760. The molecule has 1 rings (SSSR count). The van der Waals surface area contributed by atoms with Crippen molar-refractivity contribution in [1.29, 1.82) is 0 Å². The molecule has 0 bridgehead atoms. The van der Waals surface area contributed by atoms with Gasteiger partial charge >= 0.3 is 0 Å². The quantitative estimate of drug-likeness (QED) is 0.659. The molecule has 0 atom stereocenters. The van der Waals surface area contributed by atoms with Crippen LogP contribution in [0.25, 0.3) is 0 Å². The fraction of sp³-hybridized carbons (Fsp3) is 0.571. The third kappa shape index (κ3) is 3.04. The Bertz CT molecular complexity index is 180. The van der Waals surface area contributed by atoms with E-state index in [2.05, 4.69) is 20.2 Å². The number of likely N-dealkylation sites (N-methyl/N-ethyl adjacent to an activating group) is 1. The molecular weight excluding hydrogens is 140 g/mol. The van der Waals surface area contributed by atoms with Crippen LogP contribution < -0.4 is 5.32 Å². The summed E-state index contributed by atoms with van der Waals surface area (Å²) in [6.45, 7) is 1.93. The van der Waals surface area contributed by atoms with Gasteiger partial charge in [0.05, 0.1) is 0 Å². The number of imidazole rings is 1. The first-order valence-corrected chi connectivity index (χ1v) is 3.67. The Balaban J connectivity index is 2.14. The Kier molecular flexibility index (Phi) is 2.92. The van der Waals surface area contributed by atoms with Crippen molar-refractivity contribution in [2.24, 2.45) is 0 Å². The van der Waals surface area contributed by atoms with E-state index >= 15 is 0 Å². The van der Waals surface area contributed by atoms with Crippen LogP contribution in [0.5, 0.6) is 0 Å². The Morgan fingerprint density at radius 3 is 3.00 bits per heavy atom. The molecule has 11 heavy (non-hydrogen) atoms. The molecule has 0 saturated carbocycles. The molecule has 0 aliphatic heterocycles. The molecule has 1 aromatic rings. The maximum Gasteiger partial charge on any atom is 0.200 e. The molecule has 4 nitrogen and oxygen atoms in total. The summed E-state index contributed by atoms with van der Waals surface area (Å²) in [6, 6.07) is 0. The molecule has 1 heterocycles. The summed E-state index contributed by atoms with van der Waals surface area (Å²) in [6.07, 6.45) is 3.54. The standard InChI is InChI=1S/C7H14N4/c1-11(2)6-5-10-7-8-3-4-9-7/h3-4H,5-6H2,1-2H3,(H2,8,9,10). The monoisotopic (exact) mass is 154 g/mol. The number of anilines is 1. The van der Waals surface area contributed by atoms with Crippen LogP contribution in [0.1, 0.15) is 0 Å². The zero-order valence-corrected chi connectivity index (χ0v) is 6.96. The molecule has 4 heteroatoms. The minimum absolute atomic E-state index is 0.840. The van der Waals surface area contributed by atoms with Gasteiger partial charge in [-0.05, 0) is 14.1 Å². The summed E-state index contributed by atoms with van der Waals surface area (Å²) in [4.78, 5) is 9.12. The van der Waals surface area contributed by atoms with Gasteiger partial charge in [0.15, 0.2) is 5.95 Å². The number of nitrogens with zero attached hydrogens (tertiary/aromatic N) is 2. The second-order valence-electron chi connectivity index (χ2n) is 2.67. The lowest BCUT2D eigenvalue weighted by molar-refractivity contribution is 0.425. The molecule has 0 amide bonds. The van der Waals surface area contributed by atoms with Crippen LogP contribution in [0, 0.1) is 0 Å². The summed E-state index contributed by atoms with van der Waals surface area (Å²) >= 11 is 0. The maximum absolute atomic E-state index is 4.03. The van der Waals surface area contributed by atoms with Crippen LogP contribution in [-0.2, 0) is 0 Å². The van der Waals surface area contributed by atoms with E-state index in [9.17, 15) is 0 Å². The van der Waals surface area contributed by atoms with Gasteiger partial charge in [0.25, 0.3) is 0 Å². The molecule has 62 valence electrons.